The Kier molecular flexibility index (Phi) is 3.22. The highest BCUT2D eigenvalue weighted by Crippen LogP contribution is 2.20. The monoisotopic (exact) mass is 213 g/mol. The number of rotatable bonds is 2. The lowest BCUT2D eigenvalue weighted by Gasteiger charge is -2.23. The normalized spacial score (nSPS) is 21.9. The number of hydrogen-bond acceptors (Lipinski definition) is 3. The molecule has 1 aliphatic rings. The molecule has 4 heteroatoms. The van der Waals surface area contributed by atoms with Crippen molar-refractivity contribution in [3.05, 3.63) is 23.5 Å². The third kappa shape index (κ3) is 2.59. The largest absolute Gasteiger partial charge is 0.463 e. The van der Waals surface area contributed by atoms with E-state index in [2.05, 4.69) is 4.98 Å². The summed E-state index contributed by atoms with van der Waals surface area (Å²) in [7, 11) is 0. The number of aromatic nitrogens is 1. The number of nitrogens with zero attached hydrogens (tertiary/aromatic N) is 1. The molecule has 0 saturated carbocycles. The fourth-order valence-corrected chi connectivity index (χ4v) is 1.58. The van der Waals surface area contributed by atoms with E-state index in [1.54, 1.807) is 18.5 Å². The fourth-order valence-electron chi connectivity index (χ4n) is 1.41. The molecular weight excluding hydrogens is 202 g/mol. The number of pyridine rings is 1. The van der Waals surface area contributed by atoms with E-state index in [0.29, 0.717) is 10.8 Å². The maximum Gasteiger partial charge on any atom is 0.199 e. The van der Waals surface area contributed by atoms with Gasteiger partial charge in [0.2, 0.25) is 0 Å². The maximum absolute atomic E-state index is 5.78. The second-order valence-electron chi connectivity index (χ2n) is 3.25. The Labute approximate surface area is 88.0 Å². The Morgan fingerprint density at radius 1 is 1.43 bits per heavy atom. The molecular formula is C10H12ClNO2. The summed E-state index contributed by atoms with van der Waals surface area (Å²) in [6, 6.07) is 1.74. The van der Waals surface area contributed by atoms with Crippen molar-refractivity contribution in [2.45, 2.75) is 25.6 Å². The van der Waals surface area contributed by atoms with Gasteiger partial charge in [-0.2, -0.15) is 0 Å². The van der Waals surface area contributed by atoms with Gasteiger partial charge >= 0.3 is 0 Å². The second kappa shape index (κ2) is 4.62. The highest BCUT2D eigenvalue weighted by molar-refractivity contribution is 6.30. The van der Waals surface area contributed by atoms with Crippen LogP contribution in [0.4, 0.5) is 0 Å². The van der Waals surface area contributed by atoms with Gasteiger partial charge in [-0.3, -0.25) is 4.98 Å². The van der Waals surface area contributed by atoms with Crippen molar-refractivity contribution >= 4 is 11.6 Å². The second-order valence-corrected chi connectivity index (χ2v) is 3.69. The average Bonchev–Trinajstić information content (AvgIpc) is 2.19. The number of ether oxygens (including phenoxy) is 2. The molecule has 1 saturated heterocycles. The predicted molar refractivity (Wildman–Crippen MR) is 53.5 cm³/mol. The number of halogens is 1. The summed E-state index contributed by atoms with van der Waals surface area (Å²) in [5.41, 5.74) is 0. The zero-order chi connectivity index (χ0) is 9.80. The first-order valence-electron chi connectivity index (χ1n) is 4.73. The van der Waals surface area contributed by atoms with E-state index in [0.717, 1.165) is 25.9 Å². The molecule has 1 aliphatic heterocycles. The Hall–Kier alpha value is -0.800. The predicted octanol–water partition coefficient (Wildman–Crippen LogP) is 2.64. The first-order chi connectivity index (χ1) is 6.84. The van der Waals surface area contributed by atoms with Crippen molar-refractivity contribution < 1.29 is 9.47 Å². The molecule has 0 amide bonds. The van der Waals surface area contributed by atoms with Crippen molar-refractivity contribution in [1.29, 1.82) is 0 Å². The first-order valence-corrected chi connectivity index (χ1v) is 5.11. The molecule has 0 N–H and O–H groups in total. The molecule has 1 unspecified atom stereocenters. The van der Waals surface area contributed by atoms with Gasteiger partial charge < -0.3 is 9.47 Å². The van der Waals surface area contributed by atoms with E-state index in [1.807, 2.05) is 0 Å². The zero-order valence-electron chi connectivity index (χ0n) is 7.78. The molecule has 1 atom stereocenters. The Balaban J connectivity index is 1.95. The van der Waals surface area contributed by atoms with Crippen molar-refractivity contribution in [1.82, 2.24) is 4.98 Å². The van der Waals surface area contributed by atoms with Crippen LogP contribution in [0, 0.1) is 0 Å². The maximum atomic E-state index is 5.78. The van der Waals surface area contributed by atoms with Gasteiger partial charge in [0.25, 0.3) is 0 Å². The minimum absolute atomic E-state index is 0.135. The van der Waals surface area contributed by atoms with Gasteiger partial charge in [0, 0.05) is 18.7 Å². The first kappa shape index (κ1) is 9.74. The van der Waals surface area contributed by atoms with E-state index in [9.17, 15) is 0 Å². The molecule has 3 nitrogen and oxygen atoms in total. The molecule has 2 heterocycles. The van der Waals surface area contributed by atoms with Gasteiger partial charge in [-0.25, -0.2) is 0 Å². The lowest BCUT2D eigenvalue weighted by atomic mass is 10.2. The van der Waals surface area contributed by atoms with Crippen LogP contribution in [-0.2, 0) is 4.74 Å². The van der Waals surface area contributed by atoms with Crippen LogP contribution in [0.5, 0.6) is 5.75 Å². The van der Waals surface area contributed by atoms with Gasteiger partial charge in [-0.1, -0.05) is 11.6 Å². The summed E-state index contributed by atoms with van der Waals surface area (Å²) in [6.45, 7) is 0.776. The molecule has 0 aromatic carbocycles. The topological polar surface area (TPSA) is 31.4 Å². The van der Waals surface area contributed by atoms with Gasteiger partial charge in [-0.15, -0.1) is 0 Å². The molecule has 0 bridgehead atoms. The van der Waals surface area contributed by atoms with E-state index >= 15 is 0 Å². The van der Waals surface area contributed by atoms with E-state index in [4.69, 9.17) is 21.1 Å². The van der Waals surface area contributed by atoms with Crippen LogP contribution in [0.15, 0.2) is 18.5 Å². The van der Waals surface area contributed by atoms with Crippen molar-refractivity contribution in [2.24, 2.45) is 0 Å². The highest BCUT2D eigenvalue weighted by atomic mass is 35.5. The van der Waals surface area contributed by atoms with Gasteiger partial charge in [0.15, 0.2) is 6.29 Å². The molecule has 2 rings (SSSR count). The Morgan fingerprint density at radius 2 is 2.36 bits per heavy atom. The SMILES string of the molecule is Clc1cncc(OC2CCCCO2)c1. The summed E-state index contributed by atoms with van der Waals surface area (Å²) in [5, 5.41) is 0.582. The van der Waals surface area contributed by atoms with Crippen LogP contribution in [0.25, 0.3) is 0 Å². The molecule has 76 valence electrons. The highest BCUT2D eigenvalue weighted by Gasteiger charge is 2.15. The third-order valence-corrected chi connectivity index (χ3v) is 2.29. The quantitative estimate of drug-likeness (QED) is 0.757. The molecule has 1 fully saturated rings. The zero-order valence-corrected chi connectivity index (χ0v) is 8.54. The summed E-state index contributed by atoms with van der Waals surface area (Å²) < 4.78 is 11.0. The summed E-state index contributed by atoms with van der Waals surface area (Å²) >= 11 is 5.78. The minimum atomic E-state index is -0.135. The molecule has 0 aliphatic carbocycles. The molecule has 0 spiro atoms. The van der Waals surface area contributed by atoms with Crippen LogP contribution in [0.2, 0.25) is 5.02 Å². The van der Waals surface area contributed by atoms with Crippen molar-refractivity contribution in [3.8, 4) is 5.75 Å². The smallest absolute Gasteiger partial charge is 0.199 e. The van der Waals surface area contributed by atoms with E-state index in [1.165, 1.54) is 0 Å². The van der Waals surface area contributed by atoms with Crippen LogP contribution >= 0.6 is 11.6 Å². The van der Waals surface area contributed by atoms with Crippen LogP contribution in [0.1, 0.15) is 19.3 Å². The van der Waals surface area contributed by atoms with Crippen molar-refractivity contribution in [3.63, 3.8) is 0 Å². The summed E-state index contributed by atoms with van der Waals surface area (Å²) in [4.78, 5) is 3.94. The van der Waals surface area contributed by atoms with Crippen LogP contribution in [0.3, 0.4) is 0 Å². The van der Waals surface area contributed by atoms with Gasteiger partial charge in [0.1, 0.15) is 5.75 Å². The van der Waals surface area contributed by atoms with E-state index < -0.39 is 0 Å². The average molecular weight is 214 g/mol. The summed E-state index contributed by atoms with van der Waals surface area (Å²) in [6.07, 6.45) is 6.29. The van der Waals surface area contributed by atoms with Gasteiger partial charge in [0.05, 0.1) is 17.8 Å². The van der Waals surface area contributed by atoms with E-state index in [-0.39, 0.29) is 6.29 Å². The summed E-state index contributed by atoms with van der Waals surface area (Å²) in [5.74, 6) is 0.671. The third-order valence-electron chi connectivity index (χ3n) is 2.09. The van der Waals surface area contributed by atoms with Crippen LogP contribution < -0.4 is 4.74 Å². The molecule has 1 aromatic rings. The minimum Gasteiger partial charge on any atom is -0.463 e. The Bertz CT molecular complexity index is 300. The number of hydrogen-bond donors (Lipinski definition) is 0. The Morgan fingerprint density at radius 3 is 3.07 bits per heavy atom. The molecule has 14 heavy (non-hydrogen) atoms. The van der Waals surface area contributed by atoms with Gasteiger partial charge in [-0.05, 0) is 12.8 Å². The fraction of sp³-hybridized carbons (Fsp3) is 0.500. The lowest BCUT2D eigenvalue weighted by Crippen LogP contribution is -2.24. The standard InChI is InChI=1S/C10H12ClNO2/c11-8-5-9(7-12-6-8)14-10-3-1-2-4-13-10/h5-7,10H,1-4H2. The van der Waals surface area contributed by atoms with Crippen LogP contribution in [-0.4, -0.2) is 17.9 Å². The molecule has 0 radical (unpaired) electrons. The van der Waals surface area contributed by atoms with Crippen molar-refractivity contribution in [2.75, 3.05) is 6.61 Å². The molecule has 1 aromatic heterocycles. The lowest BCUT2D eigenvalue weighted by molar-refractivity contribution is -0.106.